The Morgan fingerprint density at radius 3 is 2.70 bits per heavy atom. The highest BCUT2D eigenvalue weighted by atomic mass is 16.1. The fourth-order valence-corrected chi connectivity index (χ4v) is 2.99. The lowest BCUT2D eigenvalue weighted by Crippen LogP contribution is -2.15. The second kappa shape index (κ2) is 6.99. The second-order valence-corrected chi connectivity index (χ2v) is 6.52. The highest BCUT2D eigenvalue weighted by Crippen LogP contribution is 2.19. The number of fused-ring (bicyclic) bond motifs is 1. The number of amides is 1. The standard InChI is InChI=1S/C21H19N5O/c1-14-8-9-19-17(10-14)11-18(15(2)23-19)20(27)24-21-22-13-26(25-21)12-16-6-4-3-5-7-16/h3-11,13H,12H2,1-2H3,(H,24,25,27). The van der Waals surface area contributed by atoms with Gasteiger partial charge in [-0.3, -0.25) is 15.1 Å². The quantitative estimate of drug-likeness (QED) is 0.604. The molecule has 0 aliphatic heterocycles. The van der Waals surface area contributed by atoms with E-state index in [1.54, 1.807) is 11.0 Å². The molecule has 1 amide bonds. The summed E-state index contributed by atoms with van der Waals surface area (Å²) in [5.41, 5.74) is 4.31. The summed E-state index contributed by atoms with van der Waals surface area (Å²) >= 11 is 0. The van der Waals surface area contributed by atoms with E-state index in [9.17, 15) is 4.79 Å². The molecule has 0 aliphatic carbocycles. The Hall–Kier alpha value is -3.54. The van der Waals surface area contributed by atoms with E-state index in [0.29, 0.717) is 17.8 Å². The molecule has 1 N–H and O–H groups in total. The van der Waals surface area contributed by atoms with Crippen LogP contribution in [0.1, 0.15) is 27.2 Å². The van der Waals surface area contributed by atoms with Crippen molar-refractivity contribution >= 4 is 22.8 Å². The fraction of sp³-hybridized carbons (Fsp3) is 0.143. The molecule has 6 heteroatoms. The number of hydrogen-bond acceptors (Lipinski definition) is 4. The average Bonchev–Trinajstić information content (AvgIpc) is 3.09. The first-order chi connectivity index (χ1) is 13.1. The maximum Gasteiger partial charge on any atom is 0.259 e. The van der Waals surface area contributed by atoms with E-state index in [4.69, 9.17) is 0 Å². The van der Waals surface area contributed by atoms with Crippen molar-refractivity contribution in [3.63, 3.8) is 0 Å². The molecular weight excluding hydrogens is 338 g/mol. The van der Waals surface area contributed by atoms with Gasteiger partial charge in [-0.25, -0.2) is 9.67 Å². The molecule has 0 saturated carbocycles. The number of hydrogen-bond donors (Lipinski definition) is 1. The van der Waals surface area contributed by atoms with E-state index in [-0.39, 0.29) is 11.9 Å². The van der Waals surface area contributed by atoms with Crippen LogP contribution in [0.25, 0.3) is 10.9 Å². The van der Waals surface area contributed by atoms with Crippen molar-refractivity contribution in [3.8, 4) is 0 Å². The Morgan fingerprint density at radius 2 is 1.89 bits per heavy atom. The van der Waals surface area contributed by atoms with Gasteiger partial charge in [-0.15, -0.1) is 5.10 Å². The first kappa shape index (κ1) is 16.9. The Morgan fingerprint density at radius 1 is 1.07 bits per heavy atom. The van der Waals surface area contributed by atoms with Gasteiger partial charge in [0.05, 0.1) is 23.3 Å². The molecule has 2 heterocycles. The van der Waals surface area contributed by atoms with Gasteiger partial charge in [0.15, 0.2) is 0 Å². The van der Waals surface area contributed by atoms with Crippen LogP contribution in [0.15, 0.2) is 60.9 Å². The molecular formula is C21H19N5O. The molecule has 0 spiro atoms. The largest absolute Gasteiger partial charge is 0.289 e. The van der Waals surface area contributed by atoms with Crippen molar-refractivity contribution in [2.75, 3.05) is 5.32 Å². The zero-order valence-electron chi connectivity index (χ0n) is 15.2. The van der Waals surface area contributed by atoms with Crippen molar-refractivity contribution in [2.24, 2.45) is 0 Å². The number of carbonyl (C=O) groups is 1. The van der Waals surface area contributed by atoms with Gasteiger partial charge in [0.1, 0.15) is 6.33 Å². The number of nitrogens with one attached hydrogen (secondary N) is 1. The lowest BCUT2D eigenvalue weighted by molar-refractivity contribution is 0.102. The van der Waals surface area contributed by atoms with Gasteiger partial charge in [0.2, 0.25) is 5.95 Å². The first-order valence-electron chi connectivity index (χ1n) is 8.71. The number of benzene rings is 2. The van der Waals surface area contributed by atoms with Crippen LogP contribution in [0.2, 0.25) is 0 Å². The highest BCUT2D eigenvalue weighted by Gasteiger charge is 2.14. The van der Waals surface area contributed by atoms with E-state index >= 15 is 0 Å². The number of carbonyl (C=O) groups excluding carboxylic acids is 1. The molecule has 27 heavy (non-hydrogen) atoms. The third kappa shape index (κ3) is 3.69. The van der Waals surface area contributed by atoms with Gasteiger partial charge in [-0.05, 0) is 37.6 Å². The predicted molar refractivity (Wildman–Crippen MR) is 105 cm³/mol. The summed E-state index contributed by atoms with van der Waals surface area (Å²) in [7, 11) is 0. The Kier molecular flexibility index (Phi) is 4.38. The van der Waals surface area contributed by atoms with E-state index in [0.717, 1.165) is 22.0 Å². The van der Waals surface area contributed by atoms with Gasteiger partial charge < -0.3 is 0 Å². The van der Waals surface area contributed by atoms with Gasteiger partial charge in [-0.1, -0.05) is 42.0 Å². The summed E-state index contributed by atoms with van der Waals surface area (Å²) in [6.45, 7) is 4.44. The van der Waals surface area contributed by atoms with Crippen molar-refractivity contribution in [1.29, 1.82) is 0 Å². The molecule has 0 atom stereocenters. The minimum absolute atomic E-state index is 0.263. The SMILES string of the molecule is Cc1ccc2nc(C)c(C(=O)Nc3ncn(Cc4ccccc4)n3)cc2c1. The number of nitrogens with zero attached hydrogens (tertiary/aromatic N) is 4. The average molecular weight is 357 g/mol. The van der Waals surface area contributed by atoms with E-state index in [1.807, 2.05) is 68.4 Å². The minimum Gasteiger partial charge on any atom is -0.289 e. The van der Waals surface area contributed by atoms with Crippen molar-refractivity contribution in [2.45, 2.75) is 20.4 Å². The topological polar surface area (TPSA) is 72.7 Å². The van der Waals surface area contributed by atoms with Crippen LogP contribution >= 0.6 is 0 Å². The highest BCUT2D eigenvalue weighted by molar-refractivity contribution is 6.06. The third-order valence-electron chi connectivity index (χ3n) is 4.35. The van der Waals surface area contributed by atoms with Gasteiger partial charge in [0, 0.05) is 5.39 Å². The molecule has 6 nitrogen and oxygen atoms in total. The summed E-state index contributed by atoms with van der Waals surface area (Å²) in [6.07, 6.45) is 1.61. The van der Waals surface area contributed by atoms with Crippen LogP contribution in [-0.4, -0.2) is 25.7 Å². The van der Waals surface area contributed by atoms with Crippen LogP contribution in [0.4, 0.5) is 5.95 Å². The van der Waals surface area contributed by atoms with Gasteiger partial charge >= 0.3 is 0 Å². The third-order valence-corrected chi connectivity index (χ3v) is 4.35. The Bertz CT molecular complexity index is 1120. The summed E-state index contributed by atoms with van der Waals surface area (Å²) < 4.78 is 1.69. The molecule has 4 rings (SSSR count). The normalized spacial score (nSPS) is 10.9. The lowest BCUT2D eigenvalue weighted by atomic mass is 10.1. The van der Waals surface area contributed by atoms with Gasteiger partial charge in [0.25, 0.3) is 5.91 Å². The minimum atomic E-state index is -0.263. The molecule has 0 bridgehead atoms. The molecule has 0 aliphatic rings. The van der Waals surface area contributed by atoms with Crippen LogP contribution in [0.5, 0.6) is 0 Å². The van der Waals surface area contributed by atoms with E-state index in [1.165, 1.54) is 0 Å². The number of pyridine rings is 1. The number of rotatable bonds is 4. The zero-order valence-corrected chi connectivity index (χ0v) is 15.2. The van der Waals surface area contributed by atoms with Crippen LogP contribution in [0.3, 0.4) is 0 Å². The second-order valence-electron chi connectivity index (χ2n) is 6.52. The Balaban J connectivity index is 1.54. The Labute approximate surface area is 156 Å². The lowest BCUT2D eigenvalue weighted by Gasteiger charge is -2.07. The van der Waals surface area contributed by atoms with Crippen molar-refractivity contribution < 1.29 is 4.79 Å². The van der Waals surface area contributed by atoms with Crippen molar-refractivity contribution in [1.82, 2.24) is 19.7 Å². The molecule has 4 aromatic rings. The zero-order chi connectivity index (χ0) is 18.8. The fourth-order valence-electron chi connectivity index (χ4n) is 2.99. The predicted octanol–water partition coefficient (Wildman–Crippen LogP) is 3.74. The van der Waals surface area contributed by atoms with E-state index in [2.05, 4.69) is 20.4 Å². The van der Waals surface area contributed by atoms with Crippen molar-refractivity contribution in [3.05, 3.63) is 83.3 Å². The summed E-state index contributed by atoms with van der Waals surface area (Å²) in [5, 5.41) is 8.03. The molecule has 2 aromatic heterocycles. The molecule has 0 saturated heterocycles. The molecule has 2 aromatic carbocycles. The monoisotopic (exact) mass is 357 g/mol. The van der Waals surface area contributed by atoms with Crippen LogP contribution in [-0.2, 0) is 6.54 Å². The maximum atomic E-state index is 12.7. The number of aryl methyl sites for hydroxylation is 2. The smallest absolute Gasteiger partial charge is 0.259 e. The summed E-state index contributed by atoms with van der Waals surface area (Å²) in [4.78, 5) is 21.4. The van der Waals surface area contributed by atoms with Gasteiger partial charge in [-0.2, -0.15) is 0 Å². The number of anilines is 1. The first-order valence-corrected chi connectivity index (χ1v) is 8.71. The summed E-state index contributed by atoms with van der Waals surface area (Å²) in [5.74, 6) is 0.0144. The number of aromatic nitrogens is 4. The van der Waals surface area contributed by atoms with Crippen LogP contribution in [0, 0.1) is 13.8 Å². The molecule has 0 unspecified atom stereocenters. The summed E-state index contributed by atoms with van der Waals surface area (Å²) in [6, 6.07) is 17.8. The van der Waals surface area contributed by atoms with E-state index < -0.39 is 0 Å². The molecule has 0 fully saturated rings. The van der Waals surface area contributed by atoms with Crippen LogP contribution < -0.4 is 5.32 Å². The maximum absolute atomic E-state index is 12.7. The molecule has 0 radical (unpaired) electrons. The molecule has 134 valence electrons.